The van der Waals surface area contributed by atoms with Gasteiger partial charge in [-0.05, 0) is 0 Å². The van der Waals surface area contributed by atoms with E-state index in [2.05, 4.69) is 6.58 Å². The summed E-state index contributed by atoms with van der Waals surface area (Å²) in [4.78, 5) is 0. The quantitative estimate of drug-likeness (QED) is 0.330. The molecule has 0 unspecified atom stereocenters. The molecule has 1 aliphatic rings. The highest BCUT2D eigenvalue weighted by molar-refractivity contribution is 4.97. The monoisotopic (exact) mass is 188 g/mol. The first kappa shape index (κ1) is 10.7. The molecule has 1 aliphatic heterocycles. The van der Waals surface area contributed by atoms with Crippen molar-refractivity contribution in [3.05, 3.63) is 12.7 Å². The summed E-state index contributed by atoms with van der Waals surface area (Å²) < 4.78 is 15.4. The van der Waals surface area contributed by atoms with Gasteiger partial charge in [-0.1, -0.05) is 6.08 Å². The molecular weight excluding hydrogens is 172 g/mol. The lowest BCUT2D eigenvalue weighted by atomic mass is 10.3. The minimum atomic E-state index is 0.0598. The van der Waals surface area contributed by atoms with Crippen LogP contribution in [0.5, 0.6) is 0 Å². The second-order valence-corrected chi connectivity index (χ2v) is 2.79. The SMILES string of the molecule is C=C[C@H]1O[C@H]1COCCOCCO. The van der Waals surface area contributed by atoms with Gasteiger partial charge in [-0.25, -0.2) is 0 Å². The average molecular weight is 188 g/mol. The molecule has 1 saturated heterocycles. The molecule has 0 amide bonds. The van der Waals surface area contributed by atoms with Crippen LogP contribution in [0.2, 0.25) is 0 Å². The van der Waals surface area contributed by atoms with E-state index in [9.17, 15) is 0 Å². The molecule has 0 radical (unpaired) electrons. The number of rotatable bonds is 8. The lowest BCUT2D eigenvalue weighted by Crippen LogP contribution is -2.10. The zero-order chi connectivity index (χ0) is 9.52. The van der Waals surface area contributed by atoms with E-state index in [1.165, 1.54) is 0 Å². The first-order valence-corrected chi connectivity index (χ1v) is 4.43. The smallest absolute Gasteiger partial charge is 0.111 e. The lowest BCUT2D eigenvalue weighted by molar-refractivity contribution is 0.0288. The van der Waals surface area contributed by atoms with Crippen LogP contribution in [0.25, 0.3) is 0 Å². The van der Waals surface area contributed by atoms with E-state index in [0.29, 0.717) is 26.4 Å². The molecule has 2 atom stereocenters. The van der Waals surface area contributed by atoms with Crippen molar-refractivity contribution in [2.24, 2.45) is 0 Å². The molecule has 0 aliphatic carbocycles. The Morgan fingerprint density at radius 1 is 1.31 bits per heavy atom. The lowest BCUT2D eigenvalue weighted by Gasteiger charge is -2.02. The largest absolute Gasteiger partial charge is 0.394 e. The van der Waals surface area contributed by atoms with Gasteiger partial charge in [0, 0.05) is 0 Å². The van der Waals surface area contributed by atoms with Crippen molar-refractivity contribution in [3.8, 4) is 0 Å². The van der Waals surface area contributed by atoms with Crippen LogP contribution in [0, 0.1) is 0 Å². The summed E-state index contributed by atoms with van der Waals surface area (Å²) in [6.07, 6.45) is 2.14. The third kappa shape index (κ3) is 4.38. The molecule has 76 valence electrons. The summed E-state index contributed by atoms with van der Waals surface area (Å²) in [7, 11) is 0. The third-order valence-electron chi connectivity index (χ3n) is 1.74. The number of epoxide rings is 1. The van der Waals surface area contributed by atoms with Crippen LogP contribution in [0.15, 0.2) is 12.7 Å². The van der Waals surface area contributed by atoms with E-state index in [1.54, 1.807) is 6.08 Å². The molecule has 1 heterocycles. The topological polar surface area (TPSA) is 51.2 Å². The summed E-state index contributed by atoms with van der Waals surface area (Å²) in [5, 5.41) is 8.39. The minimum absolute atomic E-state index is 0.0598. The van der Waals surface area contributed by atoms with Crippen molar-refractivity contribution in [1.82, 2.24) is 0 Å². The summed E-state index contributed by atoms with van der Waals surface area (Å²) in [6, 6.07) is 0. The van der Waals surface area contributed by atoms with Crippen LogP contribution < -0.4 is 0 Å². The maximum absolute atomic E-state index is 8.39. The van der Waals surface area contributed by atoms with E-state index in [4.69, 9.17) is 19.3 Å². The van der Waals surface area contributed by atoms with Crippen molar-refractivity contribution in [2.45, 2.75) is 12.2 Å². The predicted octanol–water partition coefficient (Wildman–Crippen LogP) is -0.0347. The maximum atomic E-state index is 8.39. The van der Waals surface area contributed by atoms with Gasteiger partial charge < -0.3 is 19.3 Å². The fourth-order valence-electron chi connectivity index (χ4n) is 0.982. The Morgan fingerprint density at radius 3 is 2.69 bits per heavy atom. The van der Waals surface area contributed by atoms with Crippen LogP contribution >= 0.6 is 0 Å². The van der Waals surface area contributed by atoms with Gasteiger partial charge >= 0.3 is 0 Å². The highest BCUT2D eigenvalue weighted by Gasteiger charge is 2.35. The first-order valence-electron chi connectivity index (χ1n) is 4.43. The fourth-order valence-corrected chi connectivity index (χ4v) is 0.982. The zero-order valence-corrected chi connectivity index (χ0v) is 7.65. The molecule has 0 bridgehead atoms. The molecule has 0 aromatic carbocycles. The van der Waals surface area contributed by atoms with Gasteiger partial charge in [-0.2, -0.15) is 0 Å². The Labute approximate surface area is 78.1 Å². The molecular formula is C9H16O4. The molecule has 0 aromatic heterocycles. The highest BCUT2D eigenvalue weighted by Crippen LogP contribution is 2.22. The normalized spacial score (nSPS) is 25.9. The summed E-state index contributed by atoms with van der Waals surface area (Å²) in [6.45, 7) is 5.70. The molecule has 1 fully saturated rings. The molecule has 4 nitrogen and oxygen atoms in total. The van der Waals surface area contributed by atoms with Gasteiger partial charge in [0.1, 0.15) is 12.2 Å². The molecule has 4 heteroatoms. The van der Waals surface area contributed by atoms with Gasteiger partial charge in [0.25, 0.3) is 0 Å². The number of aliphatic hydroxyl groups excluding tert-OH is 1. The van der Waals surface area contributed by atoms with E-state index in [-0.39, 0.29) is 18.8 Å². The molecule has 0 spiro atoms. The van der Waals surface area contributed by atoms with E-state index < -0.39 is 0 Å². The standard InChI is InChI=1S/C9H16O4/c1-2-8-9(13-8)7-12-6-5-11-4-3-10/h2,8-10H,1,3-7H2/t8-,9+/m1/s1. The van der Waals surface area contributed by atoms with Gasteiger partial charge in [0.05, 0.1) is 33.0 Å². The van der Waals surface area contributed by atoms with Gasteiger partial charge in [0.15, 0.2) is 0 Å². The van der Waals surface area contributed by atoms with Crippen LogP contribution in [-0.2, 0) is 14.2 Å². The minimum Gasteiger partial charge on any atom is -0.394 e. The van der Waals surface area contributed by atoms with Gasteiger partial charge in [-0.15, -0.1) is 6.58 Å². The van der Waals surface area contributed by atoms with Crippen LogP contribution in [0.4, 0.5) is 0 Å². The second kappa shape index (κ2) is 6.10. The Kier molecular flexibility index (Phi) is 5.00. The van der Waals surface area contributed by atoms with Crippen molar-refractivity contribution in [1.29, 1.82) is 0 Å². The Hall–Kier alpha value is -0.420. The number of hydrogen-bond donors (Lipinski definition) is 1. The Balaban J connectivity index is 1.77. The van der Waals surface area contributed by atoms with Crippen LogP contribution in [0.1, 0.15) is 0 Å². The molecule has 13 heavy (non-hydrogen) atoms. The maximum Gasteiger partial charge on any atom is 0.111 e. The van der Waals surface area contributed by atoms with Crippen LogP contribution in [0.3, 0.4) is 0 Å². The molecule has 0 aromatic rings. The highest BCUT2D eigenvalue weighted by atomic mass is 16.6. The number of hydrogen-bond acceptors (Lipinski definition) is 4. The fraction of sp³-hybridized carbons (Fsp3) is 0.778. The molecule has 1 N–H and O–H groups in total. The van der Waals surface area contributed by atoms with E-state index in [1.807, 2.05) is 0 Å². The van der Waals surface area contributed by atoms with Gasteiger partial charge in [0.2, 0.25) is 0 Å². The number of aliphatic hydroxyl groups is 1. The second-order valence-electron chi connectivity index (χ2n) is 2.79. The number of ether oxygens (including phenoxy) is 3. The van der Waals surface area contributed by atoms with Crippen molar-refractivity contribution in [2.75, 3.05) is 33.0 Å². The molecule has 1 rings (SSSR count). The van der Waals surface area contributed by atoms with Crippen molar-refractivity contribution < 1.29 is 19.3 Å². The zero-order valence-electron chi connectivity index (χ0n) is 7.65. The Morgan fingerprint density at radius 2 is 2.08 bits per heavy atom. The van der Waals surface area contributed by atoms with Gasteiger partial charge in [-0.3, -0.25) is 0 Å². The van der Waals surface area contributed by atoms with E-state index >= 15 is 0 Å². The predicted molar refractivity (Wildman–Crippen MR) is 47.6 cm³/mol. The van der Waals surface area contributed by atoms with Crippen molar-refractivity contribution >= 4 is 0 Å². The molecule has 0 saturated carbocycles. The first-order chi connectivity index (χ1) is 6.38. The van der Waals surface area contributed by atoms with Crippen molar-refractivity contribution in [3.63, 3.8) is 0 Å². The average Bonchev–Trinajstić information content (AvgIpc) is 2.90. The summed E-state index contributed by atoms with van der Waals surface area (Å²) >= 11 is 0. The summed E-state index contributed by atoms with van der Waals surface area (Å²) in [5.74, 6) is 0. The van der Waals surface area contributed by atoms with E-state index in [0.717, 1.165) is 0 Å². The van der Waals surface area contributed by atoms with Crippen LogP contribution in [-0.4, -0.2) is 50.3 Å². The third-order valence-corrected chi connectivity index (χ3v) is 1.74. The summed E-state index contributed by atoms with van der Waals surface area (Å²) in [5.41, 5.74) is 0. The Bertz CT molecular complexity index is 149.